The van der Waals surface area contributed by atoms with Gasteiger partial charge < -0.3 is 0 Å². The molecule has 2 atom stereocenters. The van der Waals surface area contributed by atoms with Gasteiger partial charge in [0.05, 0.1) is 21.5 Å². The van der Waals surface area contributed by atoms with E-state index in [0.29, 0.717) is 24.2 Å². The third-order valence-electron chi connectivity index (χ3n) is 5.13. The van der Waals surface area contributed by atoms with E-state index in [1.807, 2.05) is 4.90 Å². The van der Waals surface area contributed by atoms with Gasteiger partial charge in [-0.25, -0.2) is 0 Å². The normalized spacial score (nSPS) is 22.1. The summed E-state index contributed by atoms with van der Waals surface area (Å²) in [4.78, 5) is 38.0. The van der Waals surface area contributed by atoms with E-state index in [4.69, 9.17) is 0 Å². The Balaban J connectivity index is 1.82. The number of non-ortho nitro benzene ring substituents is 1. The van der Waals surface area contributed by atoms with Gasteiger partial charge in [0, 0.05) is 30.4 Å². The van der Waals surface area contributed by atoms with Crippen molar-refractivity contribution in [2.45, 2.75) is 25.0 Å². The zero-order chi connectivity index (χ0) is 19.1. The van der Waals surface area contributed by atoms with Crippen LogP contribution in [-0.2, 0) is 4.79 Å². The molecule has 1 amide bonds. The molecule has 0 spiro atoms. The summed E-state index contributed by atoms with van der Waals surface area (Å²) in [6.45, 7) is 0.663. The molecule has 0 aromatic heterocycles. The van der Waals surface area contributed by atoms with Crippen LogP contribution in [-0.4, -0.2) is 33.2 Å². The van der Waals surface area contributed by atoms with Crippen molar-refractivity contribution in [2.24, 2.45) is 0 Å². The van der Waals surface area contributed by atoms with Crippen LogP contribution in [0.25, 0.3) is 0 Å². The lowest BCUT2D eigenvalue weighted by Crippen LogP contribution is -2.32. The molecule has 2 aliphatic heterocycles. The summed E-state index contributed by atoms with van der Waals surface area (Å²) in [7, 11) is 0. The molecule has 0 radical (unpaired) electrons. The van der Waals surface area contributed by atoms with E-state index in [0.717, 1.165) is 6.42 Å². The van der Waals surface area contributed by atoms with E-state index in [1.54, 1.807) is 18.2 Å². The van der Waals surface area contributed by atoms with Crippen LogP contribution in [0.15, 0.2) is 48.5 Å². The molecule has 9 heteroatoms. The average Bonchev–Trinajstić information content (AvgIpc) is 3.24. The average molecular weight is 368 g/mol. The maximum atomic E-state index is 13.1. The number of carbonyl (C=O) groups excluding carboxylic acids is 1. The molecule has 138 valence electrons. The number of nitro groups is 2. The second-order valence-corrected chi connectivity index (χ2v) is 6.57. The largest absolute Gasteiger partial charge is 0.290 e. The molecule has 4 rings (SSSR count). The lowest BCUT2D eigenvalue weighted by atomic mass is 10.1. The predicted octanol–water partition coefficient (Wildman–Crippen LogP) is 3.01. The standard InChI is InChI=1S/C18H16N4O5/c23-18-16-6-3-11-19(16)17(14-4-1-2-5-15(14)22(26)27)20(18)12-7-9-13(10-8-12)21(24)25/h1-2,4-5,7-10,16-17H,3,6,11H2/t16-,17+/m0/s1. The summed E-state index contributed by atoms with van der Waals surface area (Å²) >= 11 is 0. The molecule has 2 fully saturated rings. The van der Waals surface area contributed by atoms with E-state index < -0.39 is 16.0 Å². The van der Waals surface area contributed by atoms with Gasteiger partial charge in [-0.3, -0.25) is 34.8 Å². The molecule has 2 saturated heterocycles. The lowest BCUT2D eigenvalue weighted by Gasteiger charge is -2.29. The number of benzene rings is 2. The maximum absolute atomic E-state index is 13.1. The summed E-state index contributed by atoms with van der Waals surface area (Å²) < 4.78 is 0. The Bertz CT molecular complexity index is 930. The molecular formula is C18H16N4O5. The Kier molecular flexibility index (Phi) is 4.08. The molecule has 2 aliphatic rings. The number of carbonyl (C=O) groups is 1. The Labute approximate surface area is 154 Å². The molecule has 27 heavy (non-hydrogen) atoms. The van der Waals surface area contributed by atoms with Crippen molar-refractivity contribution >= 4 is 23.0 Å². The number of para-hydroxylation sites is 1. The van der Waals surface area contributed by atoms with Crippen LogP contribution in [0.3, 0.4) is 0 Å². The van der Waals surface area contributed by atoms with Crippen molar-refractivity contribution < 1.29 is 14.6 Å². The Morgan fingerprint density at radius 1 is 0.963 bits per heavy atom. The highest BCUT2D eigenvalue weighted by molar-refractivity contribution is 6.00. The predicted molar refractivity (Wildman–Crippen MR) is 96.1 cm³/mol. The smallest absolute Gasteiger partial charge is 0.276 e. The summed E-state index contributed by atoms with van der Waals surface area (Å²) in [5.41, 5.74) is 0.810. The van der Waals surface area contributed by atoms with Gasteiger partial charge >= 0.3 is 0 Å². The van der Waals surface area contributed by atoms with Crippen LogP contribution in [0.1, 0.15) is 24.6 Å². The Morgan fingerprint density at radius 2 is 1.67 bits per heavy atom. The van der Waals surface area contributed by atoms with Crippen molar-refractivity contribution in [3.05, 3.63) is 74.3 Å². The van der Waals surface area contributed by atoms with E-state index >= 15 is 0 Å². The molecular weight excluding hydrogens is 352 g/mol. The fourth-order valence-corrected chi connectivity index (χ4v) is 3.97. The minimum absolute atomic E-state index is 0.0465. The Morgan fingerprint density at radius 3 is 2.33 bits per heavy atom. The van der Waals surface area contributed by atoms with E-state index in [9.17, 15) is 25.0 Å². The van der Waals surface area contributed by atoms with Gasteiger partial charge in [-0.1, -0.05) is 12.1 Å². The van der Waals surface area contributed by atoms with Crippen molar-refractivity contribution in [3.8, 4) is 0 Å². The number of fused-ring (bicyclic) bond motifs is 1. The highest BCUT2D eigenvalue weighted by Gasteiger charge is 2.50. The molecule has 0 bridgehead atoms. The lowest BCUT2D eigenvalue weighted by molar-refractivity contribution is -0.386. The first-order valence-electron chi connectivity index (χ1n) is 8.55. The number of rotatable bonds is 4. The second-order valence-electron chi connectivity index (χ2n) is 6.57. The van der Waals surface area contributed by atoms with Crippen LogP contribution in [0.2, 0.25) is 0 Å². The third kappa shape index (κ3) is 2.72. The molecule has 2 heterocycles. The van der Waals surface area contributed by atoms with Crippen molar-refractivity contribution in [1.29, 1.82) is 0 Å². The van der Waals surface area contributed by atoms with Crippen LogP contribution < -0.4 is 4.90 Å². The minimum Gasteiger partial charge on any atom is -0.290 e. The summed E-state index contributed by atoms with van der Waals surface area (Å²) in [5, 5.41) is 22.4. The number of amides is 1. The zero-order valence-corrected chi connectivity index (χ0v) is 14.2. The first kappa shape index (κ1) is 17.1. The first-order chi connectivity index (χ1) is 13.0. The van der Waals surface area contributed by atoms with Gasteiger partial charge in [-0.15, -0.1) is 0 Å². The monoisotopic (exact) mass is 368 g/mol. The Hall–Kier alpha value is -3.33. The highest BCUT2D eigenvalue weighted by atomic mass is 16.6. The minimum atomic E-state index is -0.604. The second kappa shape index (κ2) is 6.44. The first-order valence-corrected chi connectivity index (χ1v) is 8.55. The van der Waals surface area contributed by atoms with E-state index in [1.165, 1.54) is 35.2 Å². The number of hydrogen-bond acceptors (Lipinski definition) is 6. The van der Waals surface area contributed by atoms with Crippen LogP contribution >= 0.6 is 0 Å². The molecule has 0 unspecified atom stereocenters. The fourth-order valence-electron chi connectivity index (χ4n) is 3.97. The van der Waals surface area contributed by atoms with Gasteiger partial charge in [0.25, 0.3) is 11.4 Å². The van der Waals surface area contributed by atoms with Crippen LogP contribution in [0, 0.1) is 20.2 Å². The maximum Gasteiger partial charge on any atom is 0.276 e. The molecule has 9 nitrogen and oxygen atoms in total. The number of nitro benzene ring substituents is 2. The number of hydrogen-bond donors (Lipinski definition) is 0. The molecule has 2 aromatic rings. The summed E-state index contributed by atoms with van der Waals surface area (Å²) in [5.74, 6) is -0.135. The van der Waals surface area contributed by atoms with Crippen LogP contribution in [0.4, 0.5) is 17.1 Å². The quantitative estimate of drug-likeness (QED) is 0.606. The van der Waals surface area contributed by atoms with Gasteiger partial charge in [0.2, 0.25) is 5.91 Å². The van der Waals surface area contributed by atoms with Gasteiger partial charge in [0.15, 0.2) is 0 Å². The SMILES string of the molecule is O=C1[C@@H]2CCCN2[C@@H](c2ccccc2[N+](=O)[O-])N1c1ccc([N+](=O)[O-])cc1. The van der Waals surface area contributed by atoms with Crippen molar-refractivity contribution in [3.63, 3.8) is 0 Å². The van der Waals surface area contributed by atoms with E-state index in [-0.39, 0.29) is 23.3 Å². The zero-order valence-electron chi connectivity index (χ0n) is 14.2. The van der Waals surface area contributed by atoms with Crippen molar-refractivity contribution in [1.82, 2.24) is 4.90 Å². The topological polar surface area (TPSA) is 110 Å². The van der Waals surface area contributed by atoms with Gasteiger partial charge in [-0.2, -0.15) is 0 Å². The van der Waals surface area contributed by atoms with Gasteiger partial charge in [-0.05, 0) is 31.0 Å². The summed E-state index contributed by atoms with van der Waals surface area (Å²) in [6.07, 6.45) is 0.939. The van der Waals surface area contributed by atoms with Crippen molar-refractivity contribution in [2.75, 3.05) is 11.4 Å². The van der Waals surface area contributed by atoms with E-state index in [2.05, 4.69) is 0 Å². The van der Waals surface area contributed by atoms with Crippen LogP contribution in [0.5, 0.6) is 0 Å². The number of nitrogens with zero attached hydrogens (tertiary/aromatic N) is 4. The molecule has 0 N–H and O–H groups in total. The molecule has 0 saturated carbocycles. The molecule has 0 aliphatic carbocycles. The highest BCUT2D eigenvalue weighted by Crippen LogP contribution is 2.44. The fraction of sp³-hybridized carbons (Fsp3) is 0.278. The molecule has 2 aromatic carbocycles. The van der Waals surface area contributed by atoms with Gasteiger partial charge in [0.1, 0.15) is 6.17 Å². The third-order valence-corrected chi connectivity index (χ3v) is 5.13. The number of anilines is 1. The summed E-state index contributed by atoms with van der Waals surface area (Å²) in [6, 6.07) is 11.8.